The van der Waals surface area contributed by atoms with Crippen molar-refractivity contribution < 1.29 is 69.2 Å². The third-order valence-electron chi connectivity index (χ3n) is 7.35. The Hall–Kier alpha value is -6.12. The van der Waals surface area contributed by atoms with Gasteiger partial charge in [0, 0.05) is 12.5 Å². The summed E-state index contributed by atoms with van der Waals surface area (Å²) in [5.41, 5.74) is -1.66. The van der Waals surface area contributed by atoms with Gasteiger partial charge in [0.05, 0.1) is 46.9 Å². The minimum absolute atomic E-state index is 0.121. The van der Waals surface area contributed by atoms with Gasteiger partial charge in [0.25, 0.3) is 0 Å². The molecule has 9 nitrogen and oxygen atoms in total. The second-order valence-corrected chi connectivity index (χ2v) is 11.1. The Morgan fingerprint density at radius 1 is 0.566 bits per heavy atom. The van der Waals surface area contributed by atoms with Crippen LogP contribution in [0.1, 0.15) is 60.1 Å². The molecule has 0 unspecified atom stereocenters. The number of alkyl halides is 6. The van der Waals surface area contributed by atoms with Gasteiger partial charge in [0.2, 0.25) is 0 Å². The highest BCUT2D eigenvalue weighted by atomic mass is 19.4. The van der Waals surface area contributed by atoms with E-state index in [1.165, 1.54) is 36.4 Å². The van der Waals surface area contributed by atoms with Crippen LogP contribution < -0.4 is 9.47 Å². The number of carbonyl (C=O) groups excluding carboxylic acids is 4. The minimum Gasteiger partial charge on any atom is -0.493 e. The molecular formula is C38H30F6O9. The summed E-state index contributed by atoms with van der Waals surface area (Å²) in [6.07, 6.45) is -7.74. The zero-order valence-electron chi connectivity index (χ0n) is 27.6. The zero-order chi connectivity index (χ0) is 38.6. The molecule has 0 aliphatic heterocycles. The van der Waals surface area contributed by atoms with Gasteiger partial charge in [-0.1, -0.05) is 18.7 Å². The van der Waals surface area contributed by atoms with Gasteiger partial charge in [-0.2, -0.15) is 26.3 Å². The zero-order valence-corrected chi connectivity index (χ0v) is 27.6. The first-order valence-electron chi connectivity index (χ1n) is 15.7. The quantitative estimate of drug-likeness (QED) is 0.0297. The van der Waals surface area contributed by atoms with Crippen molar-refractivity contribution in [3.8, 4) is 11.5 Å². The number of hydrogen-bond acceptors (Lipinski definition) is 9. The molecule has 0 aliphatic rings. The van der Waals surface area contributed by atoms with Crippen LogP contribution in [-0.2, 0) is 31.4 Å². The summed E-state index contributed by atoms with van der Waals surface area (Å²) in [4.78, 5) is 49.2. The van der Waals surface area contributed by atoms with Crippen LogP contribution in [0.2, 0.25) is 0 Å². The first-order chi connectivity index (χ1) is 25.1. The lowest BCUT2D eigenvalue weighted by Gasteiger charge is -2.18. The molecule has 53 heavy (non-hydrogen) atoms. The monoisotopic (exact) mass is 744 g/mol. The van der Waals surface area contributed by atoms with Gasteiger partial charge in [0.15, 0.2) is 0 Å². The number of hydrogen-bond donors (Lipinski definition) is 0. The summed E-state index contributed by atoms with van der Waals surface area (Å²) in [6.45, 7) is 2.86. The SMILES string of the molecule is C=CC(=O)OCCCOc1ccc(C(=O)Oc2ccc(C(COC(=O)c3ccc(C(F)(F)F)cc3)COC(=O)c3ccc(C(F)(F)F)cc3)cc2)cc1. The van der Waals surface area contributed by atoms with Crippen molar-refractivity contribution in [2.45, 2.75) is 24.7 Å². The van der Waals surface area contributed by atoms with Gasteiger partial charge in [-0.3, -0.25) is 0 Å². The molecule has 0 aliphatic carbocycles. The molecule has 0 radical (unpaired) electrons. The van der Waals surface area contributed by atoms with E-state index in [0.29, 0.717) is 17.7 Å². The van der Waals surface area contributed by atoms with E-state index in [-0.39, 0.29) is 35.7 Å². The van der Waals surface area contributed by atoms with Crippen LogP contribution in [0.25, 0.3) is 0 Å². The van der Waals surface area contributed by atoms with E-state index < -0.39 is 66.5 Å². The number of benzene rings is 4. The normalized spacial score (nSPS) is 11.4. The molecule has 278 valence electrons. The smallest absolute Gasteiger partial charge is 0.416 e. The average molecular weight is 745 g/mol. The van der Waals surface area contributed by atoms with Gasteiger partial charge >= 0.3 is 36.2 Å². The largest absolute Gasteiger partial charge is 0.493 e. The molecule has 15 heteroatoms. The Labute approximate surface area is 298 Å². The molecule has 4 rings (SSSR count). The maximum absolute atomic E-state index is 12.9. The predicted octanol–water partition coefficient (Wildman–Crippen LogP) is 8.24. The van der Waals surface area contributed by atoms with Crippen molar-refractivity contribution in [3.63, 3.8) is 0 Å². The number of carbonyl (C=O) groups is 4. The van der Waals surface area contributed by atoms with Crippen molar-refractivity contribution >= 4 is 23.9 Å². The van der Waals surface area contributed by atoms with Crippen LogP contribution in [0.15, 0.2) is 110 Å². The topological polar surface area (TPSA) is 114 Å². The van der Waals surface area contributed by atoms with Crippen LogP contribution >= 0.6 is 0 Å². The van der Waals surface area contributed by atoms with Gasteiger partial charge in [-0.15, -0.1) is 0 Å². The van der Waals surface area contributed by atoms with E-state index in [9.17, 15) is 45.5 Å². The highest BCUT2D eigenvalue weighted by Gasteiger charge is 2.31. The van der Waals surface area contributed by atoms with Crippen LogP contribution in [-0.4, -0.2) is 50.3 Å². The molecule has 4 aromatic carbocycles. The Kier molecular flexibility index (Phi) is 13.4. The molecule has 0 atom stereocenters. The number of ether oxygens (including phenoxy) is 5. The third kappa shape index (κ3) is 12.0. The summed E-state index contributed by atoms with van der Waals surface area (Å²) in [7, 11) is 0. The molecule has 0 fully saturated rings. The predicted molar refractivity (Wildman–Crippen MR) is 175 cm³/mol. The Morgan fingerprint density at radius 2 is 1.00 bits per heavy atom. The molecular weight excluding hydrogens is 714 g/mol. The molecule has 4 aromatic rings. The molecule has 0 N–H and O–H groups in total. The third-order valence-corrected chi connectivity index (χ3v) is 7.35. The molecule has 0 saturated heterocycles. The highest BCUT2D eigenvalue weighted by molar-refractivity contribution is 5.91. The van der Waals surface area contributed by atoms with E-state index in [4.69, 9.17) is 23.7 Å². The van der Waals surface area contributed by atoms with Gasteiger partial charge < -0.3 is 23.7 Å². The average Bonchev–Trinajstić information content (AvgIpc) is 3.14. The molecule has 0 amide bonds. The van der Waals surface area contributed by atoms with Gasteiger partial charge in [-0.05, 0) is 90.5 Å². The number of halogens is 6. The van der Waals surface area contributed by atoms with Crippen LogP contribution in [0, 0.1) is 0 Å². The second-order valence-electron chi connectivity index (χ2n) is 11.1. The van der Waals surface area contributed by atoms with E-state index in [0.717, 1.165) is 54.6 Å². The Balaban J connectivity index is 1.40. The summed E-state index contributed by atoms with van der Waals surface area (Å²) in [6, 6.07) is 18.6. The summed E-state index contributed by atoms with van der Waals surface area (Å²) >= 11 is 0. The lowest BCUT2D eigenvalue weighted by Crippen LogP contribution is -2.20. The summed E-state index contributed by atoms with van der Waals surface area (Å²) < 4.78 is 104. The van der Waals surface area contributed by atoms with E-state index in [2.05, 4.69) is 6.58 Å². The molecule has 0 spiro atoms. The Bertz CT molecular complexity index is 1800. The Morgan fingerprint density at radius 3 is 1.45 bits per heavy atom. The van der Waals surface area contributed by atoms with Crippen molar-refractivity contribution in [3.05, 3.63) is 143 Å². The van der Waals surface area contributed by atoms with Crippen LogP contribution in [0.5, 0.6) is 11.5 Å². The molecule has 0 heterocycles. The standard InChI is InChI=1S/C38H30F6O9/c1-2-33(45)50-21-3-20-49-31-16-10-27(11-17-31)36(48)53-32-18-8-24(9-19-32)28(22-51-34(46)25-4-12-29(13-5-25)37(39,40)41)23-52-35(47)26-6-14-30(15-7-26)38(42,43)44/h2,4-19,28H,1,3,20-23H2. The molecule has 0 saturated carbocycles. The molecule has 0 bridgehead atoms. The fourth-order valence-corrected chi connectivity index (χ4v) is 4.49. The number of rotatable bonds is 15. The number of esters is 4. The first kappa shape index (κ1) is 39.7. The first-order valence-corrected chi connectivity index (χ1v) is 15.7. The van der Waals surface area contributed by atoms with E-state index in [1.54, 1.807) is 12.1 Å². The summed E-state index contributed by atoms with van der Waals surface area (Å²) in [5, 5.41) is 0. The summed E-state index contributed by atoms with van der Waals surface area (Å²) in [5.74, 6) is -3.45. The van der Waals surface area contributed by atoms with E-state index >= 15 is 0 Å². The maximum atomic E-state index is 12.9. The lowest BCUT2D eigenvalue weighted by molar-refractivity contribution is -0.138. The van der Waals surface area contributed by atoms with Crippen molar-refractivity contribution in [2.24, 2.45) is 0 Å². The fourth-order valence-electron chi connectivity index (χ4n) is 4.49. The highest BCUT2D eigenvalue weighted by Crippen LogP contribution is 2.31. The maximum Gasteiger partial charge on any atom is 0.416 e. The molecule has 0 aromatic heterocycles. The fraction of sp³-hybridized carbons (Fsp3) is 0.211. The van der Waals surface area contributed by atoms with Gasteiger partial charge in [-0.25, -0.2) is 19.2 Å². The van der Waals surface area contributed by atoms with Gasteiger partial charge in [0.1, 0.15) is 24.7 Å². The minimum atomic E-state index is -4.61. The van der Waals surface area contributed by atoms with E-state index in [1.807, 2.05) is 0 Å². The van der Waals surface area contributed by atoms with Crippen LogP contribution in [0.3, 0.4) is 0 Å². The van der Waals surface area contributed by atoms with Crippen LogP contribution in [0.4, 0.5) is 26.3 Å². The lowest BCUT2D eigenvalue weighted by atomic mass is 10.0. The van der Waals surface area contributed by atoms with Crippen molar-refractivity contribution in [1.82, 2.24) is 0 Å². The van der Waals surface area contributed by atoms with Crippen molar-refractivity contribution in [1.29, 1.82) is 0 Å². The second kappa shape index (κ2) is 17.9. The van der Waals surface area contributed by atoms with Crippen molar-refractivity contribution in [2.75, 3.05) is 26.4 Å².